The summed E-state index contributed by atoms with van der Waals surface area (Å²) in [6.45, 7) is 9.06. The molecule has 0 spiro atoms. The summed E-state index contributed by atoms with van der Waals surface area (Å²) in [4.78, 5) is 24.1. The average Bonchev–Trinajstić information content (AvgIpc) is 3.22. The van der Waals surface area contributed by atoms with Crippen LogP contribution >= 0.6 is 11.3 Å². The minimum atomic E-state index is 0.216. The number of aryl methyl sites for hydroxylation is 2. The largest absolute Gasteiger partial charge is 0.357 e. The normalized spacial score (nSPS) is 14.7. The standard InChI is InChI=1S/C20H27N5OS/c1-4-21-20(23-13-18-14(2)24-15(3)27-18)22-12-16-7-9-17(10-8-16)25-11-5-6-19(25)26/h7-10H,4-6,11-13H2,1-3H3,(H2,21,22,23). The molecule has 1 aromatic heterocycles. The summed E-state index contributed by atoms with van der Waals surface area (Å²) in [5.41, 5.74) is 3.17. The molecule has 2 aromatic rings. The van der Waals surface area contributed by atoms with Gasteiger partial charge in [0.05, 0.1) is 23.8 Å². The third kappa shape index (κ3) is 5.07. The highest BCUT2D eigenvalue weighted by molar-refractivity contribution is 7.11. The van der Waals surface area contributed by atoms with E-state index in [0.717, 1.165) is 54.0 Å². The predicted molar refractivity (Wildman–Crippen MR) is 111 cm³/mol. The molecule has 0 aliphatic carbocycles. The molecule has 6 nitrogen and oxygen atoms in total. The number of carbonyl (C=O) groups is 1. The first kappa shape index (κ1) is 19.4. The molecular formula is C20H27N5OS. The third-order valence-electron chi connectivity index (χ3n) is 4.50. The van der Waals surface area contributed by atoms with Crippen molar-refractivity contribution in [1.29, 1.82) is 0 Å². The van der Waals surface area contributed by atoms with E-state index >= 15 is 0 Å². The molecule has 0 unspecified atom stereocenters. The smallest absolute Gasteiger partial charge is 0.227 e. The minimum absolute atomic E-state index is 0.216. The molecule has 1 aliphatic heterocycles. The van der Waals surface area contributed by atoms with Crippen LogP contribution in [0.1, 0.15) is 40.9 Å². The Morgan fingerprint density at radius 1 is 1.26 bits per heavy atom. The Morgan fingerprint density at radius 3 is 2.63 bits per heavy atom. The quantitative estimate of drug-likeness (QED) is 0.592. The van der Waals surface area contributed by atoms with Crippen molar-refractivity contribution in [2.75, 3.05) is 18.0 Å². The number of rotatable bonds is 6. The van der Waals surface area contributed by atoms with Gasteiger partial charge in [0.2, 0.25) is 5.91 Å². The molecule has 1 aliphatic rings. The summed E-state index contributed by atoms with van der Waals surface area (Å²) in [6, 6.07) is 8.12. The molecule has 3 rings (SSSR count). The summed E-state index contributed by atoms with van der Waals surface area (Å²) >= 11 is 1.71. The van der Waals surface area contributed by atoms with Crippen LogP contribution in [-0.4, -0.2) is 29.9 Å². The molecule has 2 N–H and O–H groups in total. The van der Waals surface area contributed by atoms with E-state index < -0.39 is 0 Å². The van der Waals surface area contributed by atoms with E-state index in [1.54, 1.807) is 11.3 Å². The summed E-state index contributed by atoms with van der Waals surface area (Å²) in [5, 5.41) is 7.75. The van der Waals surface area contributed by atoms with Gasteiger partial charge in [0, 0.05) is 30.1 Å². The Bertz CT molecular complexity index is 812. The van der Waals surface area contributed by atoms with Gasteiger partial charge in [-0.2, -0.15) is 0 Å². The predicted octanol–water partition coefficient (Wildman–Crippen LogP) is 3.14. The van der Waals surface area contributed by atoms with E-state index in [9.17, 15) is 4.79 Å². The number of benzene rings is 1. The van der Waals surface area contributed by atoms with E-state index in [1.807, 2.05) is 43.0 Å². The molecular weight excluding hydrogens is 358 g/mol. The van der Waals surface area contributed by atoms with Gasteiger partial charge >= 0.3 is 0 Å². The third-order valence-corrected chi connectivity index (χ3v) is 5.57. The van der Waals surface area contributed by atoms with E-state index in [4.69, 9.17) is 0 Å². The number of nitrogens with one attached hydrogen (secondary N) is 2. The second kappa shape index (κ2) is 8.99. The van der Waals surface area contributed by atoms with Crippen molar-refractivity contribution in [1.82, 2.24) is 15.6 Å². The van der Waals surface area contributed by atoms with E-state index in [0.29, 0.717) is 13.0 Å². The molecule has 144 valence electrons. The highest BCUT2D eigenvalue weighted by Crippen LogP contribution is 2.21. The van der Waals surface area contributed by atoms with Crippen LogP contribution in [0.5, 0.6) is 0 Å². The zero-order valence-corrected chi connectivity index (χ0v) is 17.0. The number of nitrogens with zero attached hydrogens (tertiary/aromatic N) is 3. The van der Waals surface area contributed by atoms with Gasteiger partial charge in [-0.1, -0.05) is 12.1 Å². The lowest BCUT2D eigenvalue weighted by molar-refractivity contribution is -0.117. The number of carbonyl (C=O) groups excluding carboxylic acids is 1. The van der Waals surface area contributed by atoms with Crippen LogP contribution in [0.3, 0.4) is 0 Å². The van der Waals surface area contributed by atoms with Gasteiger partial charge in [-0.05, 0) is 44.9 Å². The summed E-state index contributed by atoms with van der Waals surface area (Å²) in [5.74, 6) is 1.01. The molecule has 7 heteroatoms. The lowest BCUT2D eigenvalue weighted by Crippen LogP contribution is -2.36. The van der Waals surface area contributed by atoms with Crippen molar-refractivity contribution >= 4 is 28.9 Å². The second-order valence-electron chi connectivity index (χ2n) is 6.61. The van der Waals surface area contributed by atoms with Gasteiger partial charge in [-0.15, -0.1) is 11.3 Å². The number of hydrogen-bond donors (Lipinski definition) is 2. The van der Waals surface area contributed by atoms with Crippen LogP contribution in [0.2, 0.25) is 0 Å². The summed E-state index contributed by atoms with van der Waals surface area (Å²) in [7, 11) is 0. The number of hydrogen-bond acceptors (Lipinski definition) is 4. The number of aliphatic imine (C=N–C) groups is 1. The molecule has 1 amide bonds. The first-order chi connectivity index (χ1) is 13.1. The molecule has 0 saturated carbocycles. The molecule has 2 heterocycles. The maximum Gasteiger partial charge on any atom is 0.227 e. The van der Waals surface area contributed by atoms with E-state index in [-0.39, 0.29) is 5.91 Å². The van der Waals surface area contributed by atoms with Gasteiger partial charge in [0.25, 0.3) is 0 Å². The fourth-order valence-electron chi connectivity index (χ4n) is 3.12. The molecule has 0 atom stereocenters. The monoisotopic (exact) mass is 385 g/mol. The Balaban J connectivity index is 1.60. The lowest BCUT2D eigenvalue weighted by Gasteiger charge is -2.16. The lowest BCUT2D eigenvalue weighted by atomic mass is 10.2. The van der Waals surface area contributed by atoms with E-state index in [2.05, 4.69) is 27.5 Å². The summed E-state index contributed by atoms with van der Waals surface area (Å²) < 4.78 is 0. The van der Waals surface area contributed by atoms with Crippen molar-refractivity contribution < 1.29 is 4.79 Å². The Hall–Kier alpha value is -2.41. The number of guanidine groups is 1. The average molecular weight is 386 g/mol. The zero-order chi connectivity index (χ0) is 19.2. The van der Waals surface area contributed by atoms with E-state index in [1.165, 1.54) is 4.88 Å². The Labute approximate surface area is 164 Å². The van der Waals surface area contributed by atoms with Crippen LogP contribution in [0, 0.1) is 13.8 Å². The molecule has 1 aromatic carbocycles. The molecule has 1 saturated heterocycles. The maximum atomic E-state index is 11.8. The van der Waals surface area contributed by atoms with Gasteiger partial charge < -0.3 is 15.5 Å². The fourth-order valence-corrected chi connectivity index (χ4v) is 3.99. The van der Waals surface area contributed by atoms with Crippen LogP contribution < -0.4 is 15.5 Å². The van der Waals surface area contributed by atoms with Crippen LogP contribution in [-0.2, 0) is 17.9 Å². The van der Waals surface area contributed by atoms with Crippen LogP contribution in [0.25, 0.3) is 0 Å². The Morgan fingerprint density at radius 2 is 2.04 bits per heavy atom. The molecule has 0 bridgehead atoms. The number of amides is 1. The number of aromatic nitrogens is 1. The summed E-state index contributed by atoms with van der Waals surface area (Å²) in [6.07, 6.45) is 1.60. The SMILES string of the molecule is CCNC(=NCc1ccc(N2CCCC2=O)cc1)NCc1sc(C)nc1C. The topological polar surface area (TPSA) is 69.6 Å². The highest BCUT2D eigenvalue weighted by atomic mass is 32.1. The second-order valence-corrected chi connectivity index (χ2v) is 7.89. The maximum absolute atomic E-state index is 11.8. The fraction of sp³-hybridized carbons (Fsp3) is 0.450. The van der Waals surface area contributed by atoms with Gasteiger partial charge in [0.15, 0.2) is 5.96 Å². The molecule has 0 radical (unpaired) electrons. The van der Waals surface area contributed by atoms with Crippen LogP contribution in [0.4, 0.5) is 5.69 Å². The first-order valence-corrected chi connectivity index (χ1v) is 10.2. The number of anilines is 1. The van der Waals surface area contributed by atoms with Crippen molar-refractivity contribution in [3.05, 3.63) is 45.4 Å². The minimum Gasteiger partial charge on any atom is -0.357 e. The molecule has 1 fully saturated rings. The van der Waals surface area contributed by atoms with Gasteiger partial charge in [-0.3, -0.25) is 4.79 Å². The van der Waals surface area contributed by atoms with Gasteiger partial charge in [0.1, 0.15) is 0 Å². The van der Waals surface area contributed by atoms with Crippen molar-refractivity contribution in [3.8, 4) is 0 Å². The highest BCUT2D eigenvalue weighted by Gasteiger charge is 2.21. The Kier molecular flexibility index (Phi) is 6.45. The van der Waals surface area contributed by atoms with Gasteiger partial charge in [-0.25, -0.2) is 9.98 Å². The zero-order valence-electron chi connectivity index (χ0n) is 16.2. The van der Waals surface area contributed by atoms with Crippen molar-refractivity contribution in [3.63, 3.8) is 0 Å². The first-order valence-electron chi connectivity index (χ1n) is 9.41. The number of thiazole rings is 1. The van der Waals surface area contributed by atoms with Crippen molar-refractivity contribution in [2.24, 2.45) is 4.99 Å². The van der Waals surface area contributed by atoms with Crippen molar-refractivity contribution in [2.45, 2.75) is 46.7 Å². The molecule has 27 heavy (non-hydrogen) atoms. The van der Waals surface area contributed by atoms with Crippen LogP contribution in [0.15, 0.2) is 29.3 Å².